The number of aryl methyl sites for hydroxylation is 2. The van der Waals surface area contributed by atoms with E-state index in [1.165, 1.54) is 26.1 Å². The number of rotatable bonds is 6. The molecule has 1 fully saturated rings. The number of ether oxygens (including phenoxy) is 1. The molecule has 0 bridgehead atoms. The number of amides is 1. The molecule has 0 atom stereocenters. The molecule has 0 unspecified atom stereocenters. The molecule has 1 aliphatic carbocycles. The highest BCUT2D eigenvalue weighted by molar-refractivity contribution is 7.96. The SMILES string of the molecule is C=C(C)/C=C(\N(C)C(C)=O)C(C)(F)F.CC1(C(=O)OCC(=O)S)CC1.Cc1cc(C)c(Cl)cc1F. The van der Waals surface area contributed by atoms with Crippen LogP contribution in [0.1, 0.15) is 51.7 Å². The maximum Gasteiger partial charge on any atom is 0.312 e. The van der Waals surface area contributed by atoms with Crippen LogP contribution in [-0.2, 0) is 19.1 Å². The van der Waals surface area contributed by atoms with Crippen molar-refractivity contribution in [2.45, 2.75) is 60.3 Å². The largest absolute Gasteiger partial charge is 0.456 e. The van der Waals surface area contributed by atoms with Crippen LogP contribution in [0.2, 0.25) is 5.02 Å². The molecule has 10 heteroatoms. The first-order valence-corrected chi connectivity index (χ1v) is 11.5. The lowest BCUT2D eigenvalue weighted by molar-refractivity contribution is -0.151. The summed E-state index contributed by atoms with van der Waals surface area (Å²) < 4.78 is 43.4. The Morgan fingerprint density at radius 2 is 1.74 bits per heavy atom. The molecule has 1 saturated carbocycles. The van der Waals surface area contributed by atoms with Gasteiger partial charge in [-0.25, -0.2) is 13.2 Å². The van der Waals surface area contributed by atoms with Gasteiger partial charge in [0.05, 0.1) is 11.1 Å². The highest BCUT2D eigenvalue weighted by Gasteiger charge is 2.46. The Kier molecular flexibility index (Phi) is 12.8. The standard InChI is InChI=1S/C10H15F2NO.C8H8ClF.C7H10O3S/c1-7(2)6-9(10(4,11)12)13(5)8(3)14;1-5-3-6(2)8(10)4-7(5)9;1-7(2-3-7)6(9)10-4-5(8)11/h6H,1H2,2-5H3;3-4H,1-2H3;2-4H2,1H3,(H,8,11)/b9-6-;;. The van der Waals surface area contributed by atoms with Gasteiger partial charge in [-0.1, -0.05) is 29.8 Å². The van der Waals surface area contributed by atoms with Crippen molar-refractivity contribution in [3.63, 3.8) is 0 Å². The van der Waals surface area contributed by atoms with Crippen LogP contribution >= 0.6 is 24.2 Å². The Morgan fingerprint density at radius 3 is 2.09 bits per heavy atom. The molecule has 0 aromatic heterocycles. The molecule has 35 heavy (non-hydrogen) atoms. The van der Waals surface area contributed by atoms with Gasteiger partial charge in [-0.2, -0.15) is 0 Å². The van der Waals surface area contributed by atoms with E-state index >= 15 is 0 Å². The molecule has 1 aromatic rings. The molecule has 0 spiro atoms. The van der Waals surface area contributed by atoms with Crippen molar-refractivity contribution in [3.05, 3.63) is 58.0 Å². The summed E-state index contributed by atoms with van der Waals surface area (Å²) in [4.78, 5) is 33.2. The molecule has 5 nitrogen and oxygen atoms in total. The number of halogens is 4. The zero-order chi connectivity index (χ0) is 27.7. The summed E-state index contributed by atoms with van der Waals surface area (Å²) in [6.45, 7) is 12.3. The third-order valence-corrected chi connectivity index (χ3v) is 5.46. The fourth-order valence-electron chi connectivity index (χ4n) is 2.42. The number of carbonyl (C=O) groups is 3. The molecule has 196 valence electrons. The van der Waals surface area contributed by atoms with Crippen LogP contribution < -0.4 is 0 Å². The van der Waals surface area contributed by atoms with E-state index in [4.69, 9.17) is 11.6 Å². The normalized spacial score (nSPS) is 13.9. The molecule has 1 amide bonds. The average Bonchev–Trinajstić information content (AvgIpc) is 3.47. The van der Waals surface area contributed by atoms with Crippen LogP contribution in [0, 0.1) is 25.1 Å². The summed E-state index contributed by atoms with van der Waals surface area (Å²) >= 11 is 9.12. The average molecular weight is 536 g/mol. The van der Waals surface area contributed by atoms with Crippen molar-refractivity contribution >= 4 is 41.2 Å². The van der Waals surface area contributed by atoms with Crippen molar-refractivity contribution in [1.82, 2.24) is 4.90 Å². The summed E-state index contributed by atoms with van der Waals surface area (Å²) in [6.07, 6.45) is 2.95. The Balaban J connectivity index is 0.000000502. The number of nitrogens with zero attached hydrogens (tertiary/aromatic N) is 1. The number of thiol groups is 1. The first kappa shape index (κ1) is 32.7. The lowest BCUT2D eigenvalue weighted by Crippen LogP contribution is -2.32. The fourth-order valence-corrected chi connectivity index (χ4v) is 2.63. The Labute approximate surface area is 215 Å². The molecule has 0 saturated heterocycles. The first-order chi connectivity index (χ1) is 15.8. The van der Waals surface area contributed by atoms with E-state index in [-0.39, 0.29) is 29.5 Å². The van der Waals surface area contributed by atoms with Gasteiger partial charge in [0.25, 0.3) is 5.92 Å². The topological polar surface area (TPSA) is 63.7 Å². The molecule has 2 rings (SSSR count). The fraction of sp³-hybridized carbons (Fsp3) is 0.480. The van der Waals surface area contributed by atoms with Gasteiger partial charge >= 0.3 is 5.97 Å². The van der Waals surface area contributed by atoms with Crippen LogP contribution in [0.15, 0.2) is 36.1 Å². The summed E-state index contributed by atoms with van der Waals surface area (Å²) in [6, 6.07) is 3.07. The number of hydrogen-bond donors (Lipinski definition) is 1. The molecule has 0 heterocycles. The van der Waals surface area contributed by atoms with Gasteiger partial charge in [0.2, 0.25) is 11.0 Å². The molecule has 1 aromatic carbocycles. The van der Waals surface area contributed by atoms with Crippen molar-refractivity contribution in [1.29, 1.82) is 0 Å². The second-order valence-electron chi connectivity index (χ2n) is 8.72. The van der Waals surface area contributed by atoms with E-state index in [0.717, 1.165) is 30.2 Å². The second-order valence-corrected chi connectivity index (χ2v) is 9.63. The lowest BCUT2D eigenvalue weighted by Gasteiger charge is -2.24. The molecular weight excluding hydrogens is 503 g/mol. The minimum absolute atomic E-state index is 0.211. The zero-order valence-electron chi connectivity index (χ0n) is 21.1. The van der Waals surface area contributed by atoms with Gasteiger partial charge in [-0.05, 0) is 63.8 Å². The molecule has 0 N–H and O–H groups in total. The molecule has 0 radical (unpaired) electrons. The summed E-state index contributed by atoms with van der Waals surface area (Å²) in [5.41, 5.74) is 1.40. The van der Waals surface area contributed by atoms with E-state index in [1.54, 1.807) is 19.9 Å². The number of carbonyl (C=O) groups excluding carboxylic acids is 3. The van der Waals surface area contributed by atoms with E-state index in [1.807, 2.05) is 13.8 Å². The highest BCUT2D eigenvalue weighted by Crippen LogP contribution is 2.45. The van der Waals surface area contributed by atoms with Crippen molar-refractivity contribution in [2.24, 2.45) is 5.41 Å². The summed E-state index contributed by atoms with van der Waals surface area (Å²) in [7, 11) is 1.31. The second kappa shape index (κ2) is 13.7. The predicted molar refractivity (Wildman–Crippen MR) is 135 cm³/mol. The predicted octanol–water partition coefficient (Wildman–Crippen LogP) is 6.46. The maximum atomic E-state index is 13.1. The van der Waals surface area contributed by atoms with Gasteiger partial charge in [0.1, 0.15) is 5.82 Å². The third kappa shape index (κ3) is 12.3. The lowest BCUT2D eigenvalue weighted by atomic mass is 10.1. The van der Waals surface area contributed by atoms with E-state index < -0.39 is 16.9 Å². The van der Waals surface area contributed by atoms with Gasteiger partial charge in [-0.15, -0.1) is 12.6 Å². The van der Waals surface area contributed by atoms with Gasteiger partial charge in [0.15, 0.2) is 6.61 Å². The third-order valence-electron chi connectivity index (χ3n) is 4.93. The summed E-state index contributed by atoms with van der Waals surface area (Å²) in [5, 5.41) is 0.0747. The van der Waals surface area contributed by atoms with Crippen LogP contribution in [0.3, 0.4) is 0 Å². The first-order valence-electron chi connectivity index (χ1n) is 10.6. The molecular formula is C25H33ClF3NO4S. The number of alkyl halides is 2. The van der Waals surface area contributed by atoms with Crippen LogP contribution in [0.25, 0.3) is 0 Å². The van der Waals surface area contributed by atoms with Crippen LogP contribution in [0.4, 0.5) is 13.2 Å². The van der Waals surface area contributed by atoms with Crippen LogP contribution in [0.5, 0.6) is 0 Å². The number of esters is 1. The van der Waals surface area contributed by atoms with Gasteiger partial charge in [-0.3, -0.25) is 14.4 Å². The van der Waals surface area contributed by atoms with Gasteiger partial charge in [0, 0.05) is 25.9 Å². The maximum absolute atomic E-state index is 13.1. The van der Waals surface area contributed by atoms with E-state index in [0.29, 0.717) is 16.2 Å². The minimum atomic E-state index is -3.04. The highest BCUT2D eigenvalue weighted by atomic mass is 35.5. The van der Waals surface area contributed by atoms with Crippen molar-refractivity contribution in [2.75, 3.05) is 13.7 Å². The van der Waals surface area contributed by atoms with E-state index in [9.17, 15) is 27.6 Å². The quantitative estimate of drug-likeness (QED) is 0.258. The Morgan fingerprint density at radius 1 is 1.23 bits per heavy atom. The summed E-state index contributed by atoms with van der Waals surface area (Å²) in [5.74, 6) is -3.99. The van der Waals surface area contributed by atoms with Crippen LogP contribution in [-0.4, -0.2) is 41.5 Å². The molecule has 0 aliphatic heterocycles. The Bertz CT molecular complexity index is 935. The zero-order valence-corrected chi connectivity index (χ0v) is 22.8. The smallest absolute Gasteiger partial charge is 0.312 e. The minimum Gasteiger partial charge on any atom is -0.456 e. The number of allylic oxidation sites excluding steroid dienone is 3. The van der Waals surface area contributed by atoms with E-state index in [2.05, 4.69) is 23.9 Å². The monoisotopic (exact) mass is 535 g/mol. The van der Waals surface area contributed by atoms with Gasteiger partial charge < -0.3 is 9.64 Å². The van der Waals surface area contributed by atoms with Crippen molar-refractivity contribution in [3.8, 4) is 0 Å². The molecule has 1 aliphatic rings. The van der Waals surface area contributed by atoms with Crippen molar-refractivity contribution < 1.29 is 32.3 Å². The Hall–Kier alpha value is -2.26. The number of benzene rings is 1. The number of hydrogen-bond acceptors (Lipinski definition) is 4.